The minimum absolute atomic E-state index is 0.185. The Balaban J connectivity index is 2.58. The molecule has 0 amide bonds. The Bertz CT molecular complexity index is 630. The molecular weight excluding hydrogens is 352 g/mol. The molecule has 1 unspecified atom stereocenters. The van der Waals surface area contributed by atoms with Crippen molar-refractivity contribution >= 4 is 27.5 Å². The van der Waals surface area contributed by atoms with Gasteiger partial charge in [0.2, 0.25) is 0 Å². The van der Waals surface area contributed by atoms with E-state index < -0.39 is 17.7 Å². The van der Waals surface area contributed by atoms with E-state index in [4.69, 9.17) is 11.6 Å². The molecule has 3 nitrogen and oxygen atoms in total. The molecule has 2 rings (SSSR count). The van der Waals surface area contributed by atoms with E-state index >= 15 is 0 Å². The molecule has 0 aliphatic rings. The van der Waals surface area contributed by atoms with Gasteiger partial charge in [-0.2, -0.15) is 5.10 Å². The summed E-state index contributed by atoms with van der Waals surface area (Å²) in [5, 5.41) is 6.94. The summed E-state index contributed by atoms with van der Waals surface area (Å²) in [6.45, 7) is 2.55. The molecule has 1 aromatic heterocycles. The Morgan fingerprint density at radius 2 is 2.10 bits per heavy atom. The maximum Gasteiger partial charge on any atom is 0.142 e. The molecule has 1 N–H and O–H groups in total. The van der Waals surface area contributed by atoms with Gasteiger partial charge in [-0.15, -0.1) is 0 Å². The first kappa shape index (κ1) is 15.4. The van der Waals surface area contributed by atoms with Crippen LogP contribution in [0.3, 0.4) is 0 Å². The molecule has 0 saturated carbocycles. The van der Waals surface area contributed by atoms with Gasteiger partial charge in [0.15, 0.2) is 0 Å². The molecule has 0 spiro atoms. The highest BCUT2D eigenvalue weighted by Gasteiger charge is 2.24. The molecule has 0 saturated heterocycles. The zero-order valence-electron chi connectivity index (χ0n) is 10.9. The fraction of sp³-hybridized carbons (Fsp3) is 0.308. The van der Waals surface area contributed by atoms with Crippen molar-refractivity contribution in [2.24, 2.45) is 0 Å². The predicted molar refractivity (Wildman–Crippen MR) is 77.9 cm³/mol. The smallest absolute Gasteiger partial charge is 0.142 e. The molecule has 1 heterocycles. The summed E-state index contributed by atoms with van der Waals surface area (Å²) in [6.07, 6.45) is 1.63. The second-order valence-corrected chi connectivity index (χ2v) is 5.46. The zero-order valence-corrected chi connectivity index (χ0v) is 13.3. The van der Waals surface area contributed by atoms with E-state index in [1.807, 2.05) is 6.92 Å². The topological polar surface area (TPSA) is 29.9 Å². The molecule has 0 fully saturated rings. The summed E-state index contributed by atoms with van der Waals surface area (Å²) in [5.74, 6) is -1.21. The first-order valence-corrected chi connectivity index (χ1v) is 7.19. The first-order valence-electron chi connectivity index (χ1n) is 6.02. The minimum atomic E-state index is -0.651. The number of nitrogens with one attached hydrogen (secondary N) is 1. The third-order valence-electron chi connectivity index (χ3n) is 3.05. The first-order chi connectivity index (χ1) is 9.49. The van der Waals surface area contributed by atoms with Gasteiger partial charge in [-0.3, -0.25) is 4.68 Å². The summed E-state index contributed by atoms with van der Waals surface area (Å²) in [7, 11) is 1.68. The standard InChI is InChI=1S/C13H13BrClF2N3/c1-3-20-13(8(14)6-19-20)12(18-2)7-4-11(17)9(15)5-10(7)16/h4-6,12,18H,3H2,1-2H3. The summed E-state index contributed by atoms with van der Waals surface area (Å²) >= 11 is 8.97. The second-order valence-electron chi connectivity index (χ2n) is 4.20. The van der Waals surface area contributed by atoms with Gasteiger partial charge in [0.25, 0.3) is 0 Å². The number of aryl methyl sites for hydroxylation is 1. The van der Waals surface area contributed by atoms with Crippen molar-refractivity contribution in [3.63, 3.8) is 0 Å². The van der Waals surface area contributed by atoms with Crippen LogP contribution in [0.5, 0.6) is 0 Å². The van der Waals surface area contributed by atoms with Crippen molar-refractivity contribution in [2.45, 2.75) is 19.5 Å². The average Bonchev–Trinajstić information content (AvgIpc) is 2.78. The summed E-state index contributed by atoms with van der Waals surface area (Å²) in [6, 6.07) is 1.56. The van der Waals surface area contributed by atoms with E-state index in [1.165, 1.54) is 0 Å². The van der Waals surface area contributed by atoms with Gasteiger partial charge in [0.05, 0.1) is 27.4 Å². The molecule has 20 heavy (non-hydrogen) atoms. The fourth-order valence-corrected chi connectivity index (χ4v) is 2.79. The van der Waals surface area contributed by atoms with E-state index in [1.54, 1.807) is 17.9 Å². The average molecular weight is 365 g/mol. The van der Waals surface area contributed by atoms with Crippen LogP contribution in [0.25, 0.3) is 0 Å². The van der Waals surface area contributed by atoms with Gasteiger partial charge in [0.1, 0.15) is 11.6 Å². The molecule has 108 valence electrons. The largest absolute Gasteiger partial charge is 0.308 e. The Morgan fingerprint density at radius 1 is 1.40 bits per heavy atom. The SMILES string of the molecule is CCn1ncc(Br)c1C(NC)c1cc(F)c(Cl)cc1F. The van der Waals surface area contributed by atoms with Gasteiger partial charge >= 0.3 is 0 Å². The number of benzene rings is 1. The second kappa shape index (κ2) is 6.20. The van der Waals surface area contributed by atoms with Gasteiger partial charge < -0.3 is 5.32 Å². The van der Waals surface area contributed by atoms with Gasteiger partial charge in [-0.05, 0) is 42.0 Å². The highest BCUT2D eigenvalue weighted by atomic mass is 79.9. The maximum absolute atomic E-state index is 14.1. The van der Waals surface area contributed by atoms with Crippen molar-refractivity contribution in [1.29, 1.82) is 0 Å². The number of halogens is 4. The number of nitrogens with zero attached hydrogens (tertiary/aromatic N) is 2. The highest BCUT2D eigenvalue weighted by Crippen LogP contribution is 2.31. The van der Waals surface area contributed by atoms with Crippen LogP contribution in [0.1, 0.15) is 24.2 Å². The van der Waals surface area contributed by atoms with E-state index in [0.717, 1.165) is 22.3 Å². The van der Waals surface area contributed by atoms with Crippen LogP contribution < -0.4 is 5.32 Å². The number of aromatic nitrogens is 2. The van der Waals surface area contributed by atoms with Crippen molar-refractivity contribution in [1.82, 2.24) is 15.1 Å². The van der Waals surface area contributed by atoms with Crippen LogP contribution in [0.15, 0.2) is 22.8 Å². The molecule has 0 aliphatic carbocycles. The van der Waals surface area contributed by atoms with Crippen LogP contribution in [-0.2, 0) is 6.54 Å². The fourth-order valence-electron chi connectivity index (χ4n) is 2.11. The lowest BCUT2D eigenvalue weighted by molar-refractivity contribution is 0.524. The Hall–Kier alpha value is -0.980. The lowest BCUT2D eigenvalue weighted by Gasteiger charge is -2.19. The third-order valence-corrected chi connectivity index (χ3v) is 3.95. The normalized spacial score (nSPS) is 12.7. The summed E-state index contributed by atoms with van der Waals surface area (Å²) in [5.41, 5.74) is 0.918. The summed E-state index contributed by atoms with van der Waals surface area (Å²) < 4.78 is 30.2. The zero-order chi connectivity index (χ0) is 14.9. The molecule has 1 atom stereocenters. The van der Waals surface area contributed by atoms with Crippen LogP contribution >= 0.6 is 27.5 Å². The van der Waals surface area contributed by atoms with Crippen LogP contribution in [-0.4, -0.2) is 16.8 Å². The Morgan fingerprint density at radius 3 is 2.70 bits per heavy atom. The molecule has 7 heteroatoms. The van der Waals surface area contributed by atoms with E-state index in [-0.39, 0.29) is 10.6 Å². The molecular formula is C13H13BrClF2N3. The van der Waals surface area contributed by atoms with Gasteiger partial charge in [-0.1, -0.05) is 11.6 Å². The van der Waals surface area contributed by atoms with Crippen molar-refractivity contribution < 1.29 is 8.78 Å². The molecule has 0 radical (unpaired) electrons. The number of rotatable bonds is 4. The van der Waals surface area contributed by atoms with Crippen molar-refractivity contribution in [3.8, 4) is 0 Å². The van der Waals surface area contributed by atoms with E-state index in [2.05, 4.69) is 26.3 Å². The van der Waals surface area contributed by atoms with Crippen molar-refractivity contribution in [3.05, 3.63) is 50.7 Å². The Labute approximate surface area is 129 Å². The lowest BCUT2D eigenvalue weighted by atomic mass is 10.0. The highest BCUT2D eigenvalue weighted by molar-refractivity contribution is 9.10. The lowest BCUT2D eigenvalue weighted by Crippen LogP contribution is -2.23. The molecule has 1 aromatic carbocycles. The van der Waals surface area contributed by atoms with Crippen molar-refractivity contribution in [2.75, 3.05) is 7.05 Å². The third kappa shape index (κ3) is 2.73. The van der Waals surface area contributed by atoms with Gasteiger partial charge in [0, 0.05) is 12.1 Å². The molecule has 2 aromatic rings. The quantitative estimate of drug-likeness (QED) is 0.834. The molecule has 0 aliphatic heterocycles. The maximum atomic E-state index is 14.1. The summed E-state index contributed by atoms with van der Waals surface area (Å²) in [4.78, 5) is 0. The van der Waals surface area contributed by atoms with Crippen LogP contribution in [0, 0.1) is 11.6 Å². The van der Waals surface area contributed by atoms with Crippen LogP contribution in [0.2, 0.25) is 5.02 Å². The van der Waals surface area contributed by atoms with E-state index in [9.17, 15) is 8.78 Å². The minimum Gasteiger partial charge on any atom is -0.308 e. The monoisotopic (exact) mass is 363 g/mol. The Kier molecular flexibility index (Phi) is 4.78. The van der Waals surface area contributed by atoms with E-state index in [0.29, 0.717) is 6.54 Å². The number of hydrogen-bond acceptors (Lipinski definition) is 2. The van der Waals surface area contributed by atoms with Gasteiger partial charge in [-0.25, -0.2) is 8.78 Å². The molecule has 0 bridgehead atoms. The predicted octanol–water partition coefficient (Wildman–Crippen LogP) is 3.91. The van der Waals surface area contributed by atoms with Crippen LogP contribution in [0.4, 0.5) is 8.78 Å². The number of hydrogen-bond donors (Lipinski definition) is 1.